The van der Waals surface area contributed by atoms with Gasteiger partial charge in [-0.3, -0.25) is 9.47 Å². The fraction of sp³-hybridized carbons (Fsp3) is 0.464. The molecular weight excluding hydrogens is 440 g/mol. The molecule has 7 heteroatoms. The molecule has 2 fully saturated rings. The van der Waals surface area contributed by atoms with Crippen LogP contribution in [0.5, 0.6) is 5.75 Å². The Morgan fingerprint density at radius 1 is 0.914 bits per heavy atom. The van der Waals surface area contributed by atoms with E-state index in [1.165, 1.54) is 16.7 Å². The lowest BCUT2D eigenvalue weighted by atomic mass is 9.88. The third-order valence-corrected chi connectivity index (χ3v) is 7.61. The van der Waals surface area contributed by atoms with Gasteiger partial charge in [-0.1, -0.05) is 30.3 Å². The first-order chi connectivity index (χ1) is 17.3. The molecule has 1 N–H and O–H groups in total. The van der Waals surface area contributed by atoms with Crippen molar-refractivity contribution in [1.29, 1.82) is 0 Å². The maximum absolute atomic E-state index is 9.16. The second-order valence-electron chi connectivity index (χ2n) is 9.84. The molecule has 1 aromatic heterocycles. The van der Waals surface area contributed by atoms with Crippen molar-refractivity contribution in [3.05, 3.63) is 65.7 Å². The quantitative estimate of drug-likeness (QED) is 0.591. The van der Waals surface area contributed by atoms with Gasteiger partial charge in [0.15, 0.2) is 5.82 Å². The van der Waals surface area contributed by atoms with Gasteiger partial charge in [0.1, 0.15) is 12.4 Å². The Kier molecular flexibility index (Phi) is 6.57. The Balaban J connectivity index is 1.16. The van der Waals surface area contributed by atoms with Crippen molar-refractivity contribution in [1.82, 2.24) is 19.4 Å². The van der Waals surface area contributed by atoms with Gasteiger partial charge >= 0.3 is 0 Å². The number of benzene rings is 2. The second kappa shape index (κ2) is 10.1. The number of hydrogen-bond donors (Lipinski definition) is 1. The van der Waals surface area contributed by atoms with E-state index in [-0.39, 0.29) is 6.61 Å². The molecule has 0 saturated carbocycles. The summed E-state index contributed by atoms with van der Waals surface area (Å²) < 4.78 is 13.8. The van der Waals surface area contributed by atoms with Gasteiger partial charge in [0.25, 0.3) is 0 Å². The molecule has 184 valence electrons. The zero-order valence-corrected chi connectivity index (χ0v) is 20.2. The number of aliphatic hydroxyl groups excluding tert-OH is 1. The van der Waals surface area contributed by atoms with Crippen molar-refractivity contribution in [2.24, 2.45) is 0 Å². The monoisotopic (exact) mass is 474 g/mol. The van der Waals surface area contributed by atoms with Crippen molar-refractivity contribution in [3.63, 3.8) is 0 Å². The van der Waals surface area contributed by atoms with Crippen LogP contribution in [0.3, 0.4) is 0 Å². The number of rotatable bonds is 6. The van der Waals surface area contributed by atoms with E-state index in [2.05, 4.69) is 63.0 Å². The fourth-order valence-electron chi connectivity index (χ4n) is 5.58. The fourth-order valence-corrected chi connectivity index (χ4v) is 5.58. The molecule has 0 unspecified atom stereocenters. The predicted octanol–water partition coefficient (Wildman–Crippen LogP) is 3.44. The van der Waals surface area contributed by atoms with Gasteiger partial charge in [0.2, 0.25) is 0 Å². The highest BCUT2D eigenvalue weighted by molar-refractivity contribution is 5.69. The number of β-amino-alcohol motifs (C(OH)–C–C–N with tert-alkyl or cyclic N) is 1. The molecule has 35 heavy (non-hydrogen) atoms. The number of nitrogens with zero attached hydrogens (tertiary/aromatic N) is 4. The number of ether oxygens (including phenoxy) is 2. The number of likely N-dealkylation sites (tertiary alicyclic amines) is 1. The molecule has 0 atom stereocenters. The second-order valence-corrected chi connectivity index (χ2v) is 9.84. The smallest absolute Gasteiger partial charge is 0.151 e. The molecule has 6 rings (SSSR count). The summed E-state index contributed by atoms with van der Waals surface area (Å²) >= 11 is 0. The molecule has 7 nitrogen and oxygen atoms in total. The Labute approximate surface area is 206 Å². The normalized spacial score (nSPS) is 19.2. The Bertz CT molecular complexity index is 1150. The van der Waals surface area contributed by atoms with E-state index in [0.29, 0.717) is 12.5 Å². The molecule has 2 saturated heterocycles. The number of fused-ring (bicyclic) bond motifs is 3. The number of aliphatic hydroxyl groups is 1. The molecule has 3 aromatic rings. The minimum atomic E-state index is 0.252. The zero-order chi connectivity index (χ0) is 23.6. The van der Waals surface area contributed by atoms with Crippen LogP contribution in [0.1, 0.15) is 35.8 Å². The number of imidazole rings is 1. The maximum Gasteiger partial charge on any atom is 0.151 e. The van der Waals surface area contributed by atoms with Crippen LogP contribution < -0.4 is 4.74 Å². The molecule has 2 aromatic carbocycles. The molecular formula is C28H34N4O3. The van der Waals surface area contributed by atoms with Gasteiger partial charge in [-0.15, -0.1) is 0 Å². The van der Waals surface area contributed by atoms with Gasteiger partial charge in [-0.25, -0.2) is 4.98 Å². The first-order valence-corrected chi connectivity index (χ1v) is 12.8. The summed E-state index contributed by atoms with van der Waals surface area (Å²) in [6.45, 7) is 8.04. The third-order valence-electron chi connectivity index (χ3n) is 7.61. The van der Waals surface area contributed by atoms with Gasteiger partial charge in [0.05, 0.1) is 31.2 Å². The molecule has 3 aliphatic rings. The molecule has 0 aliphatic carbocycles. The summed E-state index contributed by atoms with van der Waals surface area (Å²) in [7, 11) is 0. The standard InChI is InChI=1S/C28H34N4O3/c33-14-11-30-9-7-23(8-10-30)21-1-3-22(4-2-21)24-5-6-26-27(17-24)35-20-28-29-25(19-32(26)28)18-31-12-15-34-16-13-31/h1-6,17,19,23,33H,7-16,18,20H2. The van der Waals surface area contributed by atoms with Crippen LogP contribution in [-0.2, 0) is 17.9 Å². The first-order valence-electron chi connectivity index (χ1n) is 12.8. The lowest BCUT2D eigenvalue weighted by Crippen LogP contribution is -2.35. The summed E-state index contributed by atoms with van der Waals surface area (Å²) in [5.41, 5.74) is 5.94. The molecule has 0 radical (unpaired) electrons. The number of aromatic nitrogens is 2. The Morgan fingerprint density at radius 2 is 1.69 bits per heavy atom. The number of piperidine rings is 1. The maximum atomic E-state index is 9.16. The first kappa shape index (κ1) is 22.7. The van der Waals surface area contributed by atoms with Crippen molar-refractivity contribution in [2.45, 2.75) is 31.9 Å². The average molecular weight is 475 g/mol. The Morgan fingerprint density at radius 3 is 2.46 bits per heavy atom. The molecule has 0 spiro atoms. The van der Waals surface area contributed by atoms with Crippen LogP contribution in [0.15, 0.2) is 48.7 Å². The summed E-state index contributed by atoms with van der Waals surface area (Å²) in [6.07, 6.45) is 4.48. The topological polar surface area (TPSA) is 63.0 Å². The minimum Gasteiger partial charge on any atom is -0.483 e. The van der Waals surface area contributed by atoms with Crippen LogP contribution >= 0.6 is 0 Å². The SMILES string of the molecule is OCCN1CCC(c2ccc(-c3ccc4c(c3)OCc3nc(CN5CCOCC5)cn3-4)cc2)CC1. The number of morpholine rings is 1. The summed E-state index contributed by atoms with van der Waals surface area (Å²) in [4.78, 5) is 9.58. The highest BCUT2D eigenvalue weighted by atomic mass is 16.5. The molecule has 0 amide bonds. The van der Waals surface area contributed by atoms with E-state index in [1.54, 1.807) is 0 Å². The summed E-state index contributed by atoms with van der Waals surface area (Å²) in [6, 6.07) is 15.5. The largest absolute Gasteiger partial charge is 0.483 e. The van der Waals surface area contributed by atoms with Crippen molar-refractivity contribution in [2.75, 3.05) is 52.5 Å². The van der Waals surface area contributed by atoms with E-state index in [4.69, 9.17) is 19.6 Å². The Hall–Kier alpha value is -2.71. The van der Waals surface area contributed by atoms with Crippen LogP contribution in [-0.4, -0.2) is 77.0 Å². The van der Waals surface area contributed by atoms with Crippen LogP contribution in [0.2, 0.25) is 0 Å². The van der Waals surface area contributed by atoms with E-state index in [0.717, 1.165) is 88.3 Å². The third kappa shape index (κ3) is 4.86. The van der Waals surface area contributed by atoms with E-state index in [1.807, 2.05) is 0 Å². The highest BCUT2D eigenvalue weighted by Crippen LogP contribution is 2.35. The van der Waals surface area contributed by atoms with Gasteiger partial charge in [0, 0.05) is 32.4 Å². The van der Waals surface area contributed by atoms with Crippen molar-refractivity contribution >= 4 is 0 Å². The lowest BCUT2D eigenvalue weighted by molar-refractivity contribution is 0.0337. The zero-order valence-electron chi connectivity index (χ0n) is 20.2. The molecule has 0 bridgehead atoms. The van der Waals surface area contributed by atoms with Crippen LogP contribution in [0, 0.1) is 0 Å². The minimum absolute atomic E-state index is 0.252. The van der Waals surface area contributed by atoms with Gasteiger partial charge in [-0.2, -0.15) is 0 Å². The van der Waals surface area contributed by atoms with Crippen LogP contribution in [0.4, 0.5) is 0 Å². The van der Waals surface area contributed by atoms with E-state index < -0.39 is 0 Å². The highest BCUT2D eigenvalue weighted by Gasteiger charge is 2.22. The van der Waals surface area contributed by atoms with Crippen LogP contribution in [0.25, 0.3) is 16.8 Å². The van der Waals surface area contributed by atoms with Gasteiger partial charge < -0.3 is 19.5 Å². The van der Waals surface area contributed by atoms with Crippen molar-refractivity contribution < 1.29 is 14.6 Å². The molecule has 4 heterocycles. The van der Waals surface area contributed by atoms with E-state index in [9.17, 15) is 0 Å². The predicted molar refractivity (Wildman–Crippen MR) is 135 cm³/mol. The molecule has 3 aliphatic heterocycles. The summed E-state index contributed by atoms with van der Waals surface area (Å²) in [5, 5.41) is 9.16. The summed E-state index contributed by atoms with van der Waals surface area (Å²) in [5.74, 6) is 2.48. The average Bonchev–Trinajstić information content (AvgIpc) is 3.33. The van der Waals surface area contributed by atoms with E-state index >= 15 is 0 Å². The van der Waals surface area contributed by atoms with Gasteiger partial charge in [-0.05, 0) is 60.7 Å². The number of hydrogen-bond acceptors (Lipinski definition) is 6. The van der Waals surface area contributed by atoms with Crippen molar-refractivity contribution in [3.8, 4) is 22.6 Å². The lowest BCUT2D eigenvalue weighted by Gasteiger charge is -2.31.